The van der Waals surface area contributed by atoms with Crippen molar-refractivity contribution >= 4 is 21.8 Å². The van der Waals surface area contributed by atoms with E-state index in [0.717, 1.165) is 36.9 Å². The number of aryl methyl sites for hydroxylation is 2. The average molecular weight is 326 g/mol. The molecule has 3 nitrogen and oxygen atoms in total. The Morgan fingerprint density at radius 3 is 2.84 bits per heavy atom. The van der Waals surface area contributed by atoms with Crippen LogP contribution >= 0.6 is 15.9 Å². The van der Waals surface area contributed by atoms with Crippen LogP contribution in [0.25, 0.3) is 0 Å². The number of ether oxygens (including phenoxy) is 1. The molecule has 1 amide bonds. The second-order valence-corrected chi connectivity index (χ2v) is 5.94. The molecule has 104 valence electrons. The Kier molecular flexibility index (Phi) is 5.40. The molecule has 1 aliphatic heterocycles. The van der Waals surface area contributed by atoms with Gasteiger partial charge in [-0.3, -0.25) is 4.79 Å². The van der Waals surface area contributed by atoms with Crippen LogP contribution in [0.3, 0.4) is 0 Å². The maximum Gasteiger partial charge on any atom is 0.220 e. The van der Waals surface area contributed by atoms with Crippen molar-refractivity contribution in [2.75, 3.05) is 13.2 Å². The third kappa shape index (κ3) is 4.62. The molecule has 0 aromatic heterocycles. The van der Waals surface area contributed by atoms with Crippen molar-refractivity contribution in [1.29, 1.82) is 0 Å². The minimum Gasteiger partial charge on any atom is -0.381 e. The second kappa shape index (κ2) is 7.06. The highest BCUT2D eigenvalue weighted by molar-refractivity contribution is 9.10. The molecule has 1 aromatic carbocycles. The van der Waals surface area contributed by atoms with Crippen molar-refractivity contribution in [3.63, 3.8) is 0 Å². The molecule has 2 rings (SSSR count). The van der Waals surface area contributed by atoms with E-state index < -0.39 is 0 Å². The van der Waals surface area contributed by atoms with Crippen molar-refractivity contribution in [1.82, 2.24) is 5.32 Å². The van der Waals surface area contributed by atoms with Gasteiger partial charge in [0.25, 0.3) is 0 Å². The topological polar surface area (TPSA) is 38.3 Å². The SMILES string of the molecule is Cc1cc(Br)ccc1CCC(=O)NC1CCOCC1. The number of amides is 1. The van der Waals surface area contributed by atoms with E-state index in [1.165, 1.54) is 11.1 Å². The number of benzene rings is 1. The summed E-state index contributed by atoms with van der Waals surface area (Å²) in [4.78, 5) is 11.9. The van der Waals surface area contributed by atoms with E-state index in [1.807, 2.05) is 6.07 Å². The number of hydrogen-bond donors (Lipinski definition) is 1. The number of nitrogens with one attached hydrogen (secondary N) is 1. The first-order valence-electron chi connectivity index (χ1n) is 6.77. The van der Waals surface area contributed by atoms with E-state index in [4.69, 9.17) is 4.74 Å². The minimum atomic E-state index is 0.147. The first-order chi connectivity index (χ1) is 9.15. The zero-order chi connectivity index (χ0) is 13.7. The van der Waals surface area contributed by atoms with Gasteiger partial charge in [0.15, 0.2) is 0 Å². The van der Waals surface area contributed by atoms with Crippen LogP contribution in [0.5, 0.6) is 0 Å². The Morgan fingerprint density at radius 1 is 1.42 bits per heavy atom. The van der Waals surface area contributed by atoms with E-state index in [1.54, 1.807) is 0 Å². The first kappa shape index (κ1) is 14.5. The number of rotatable bonds is 4. The lowest BCUT2D eigenvalue weighted by Gasteiger charge is -2.23. The van der Waals surface area contributed by atoms with Gasteiger partial charge in [-0.15, -0.1) is 0 Å². The molecular formula is C15H20BrNO2. The summed E-state index contributed by atoms with van der Waals surface area (Å²) in [5.74, 6) is 0.147. The summed E-state index contributed by atoms with van der Waals surface area (Å²) in [6.07, 6.45) is 3.22. The molecule has 1 fully saturated rings. The molecule has 19 heavy (non-hydrogen) atoms. The van der Waals surface area contributed by atoms with Crippen molar-refractivity contribution in [3.8, 4) is 0 Å². The van der Waals surface area contributed by atoms with Crippen molar-refractivity contribution < 1.29 is 9.53 Å². The van der Waals surface area contributed by atoms with Crippen LogP contribution in [0.15, 0.2) is 22.7 Å². The fraction of sp³-hybridized carbons (Fsp3) is 0.533. The third-order valence-corrected chi connectivity index (χ3v) is 4.01. The van der Waals surface area contributed by atoms with Crippen molar-refractivity contribution in [3.05, 3.63) is 33.8 Å². The molecule has 0 aliphatic carbocycles. The van der Waals surface area contributed by atoms with Gasteiger partial charge in [-0.25, -0.2) is 0 Å². The molecule has 1 aliphatic rings. The predicted octanol–water partition coefficient (Wildman–Crippen LogP) is 2.99. The lowest BCUT2D eigenvalue weighted by atomic mass is 10.0. The molecule has 0 spiro atoms. The Morgan fingerprint density at radius 2 is 2.16 bits per heavy atom. The summed E-state index contributed by atoms with van der Waals surface area (Å²) < 4.78 is 6.37. The smallest absolute Gasteiger partial charge is 0.220 e. The monoisotopic (exact) mass is 325 g/mol. The first-order valence-corrected chi connectivity index (χ1v) is 7.56. The van der Waals surface area contributed by atoms with Crippen molar-refractivity contribution in [2.24, 2.45) is 0 Å². The quantitative estimate of drug-likeness (QED) is 0.924. The third-order valence-electron chi connectivity index (χ3n) is 3.51. The van der Waals surface area contributed by atoms with Crippen LogP contribution in [0.1, 0.15) is 30.4 Å². The maximum absolute atomic E-state index is 11.9. The molecule has 0 unspecified atom stereocenters. The Bertz CT molecular complexity index is 442. The minimum absolute atomic E-state index is 0.147. The lowest BCUT2D eigenvalue weighted by molar-refractivity contribution is -0.122. The lowest BCUT2D eigenvalue weighted by Crippen LogP contribution is -2.38. The number of carbonyl (C=O) groups is 1. The summed E-state index contributed by atoms with van der Waals surface area (Å²) in [5, 5.41) is 3.09. The number of carbonyl (C=O) groups excluding carboxylic acids is 1. The van der Waals surface area contributed by atoms with Gasteiger partial charge in [-0.2, -0.15) is 0 Å². The summed E-state index contributed by atoms with van der Waals surface area (Å²) in [7, 11) is 0. The average Bonchev–Trinajstić information content (AvgIpc) is 2.39. The Hall–Kier alpha value is -0.870. The molecule has 1 heterocycles. The zero-order valence-corrected chi connectivity index (χ0v) is 12.8. The molecule has 0 bridgehead atoms. The van der Waals surface area contributed by atoms with Gasteiger partial charge in [0.05, 0.1) is 0 Å². The van der Waals surface area contributed by atoms with Gasteiger partial charge in [0.1, 0.15) is 0 Å². The Labute approximate surface area is 122 Å². The molecule has 1 N–H and O–H groups in total. The van der Waals surface area contributed by atoms with Gasteiger partial charge in [-0.05, 0) is 49.4 Å². The van der Waals surface area contributed by atoms with Crippen LogP contribution in [0, 0.1) is 6.92 Å². The summed E-state index contributed by atoms with van der Waals surface area (Å²) in [5.41, 5.74) is 2.47. The zero-order valence-electron chi connectivity index (χ0n) is 11.2. The Balaban J connectivity index is 1.79. The van der Waals surface area contributed by atoms with E-state index in [9.17, 15) is 4.79 Å². The highest BCUT2D eigenvalue weighted by Crippen LogP contribution is 2.17. The molecule has 0 atom stereocenters. The summed E-state index contributed by atoms with van der Waals surface area (Å²) in [6, 6.07) is 6.50. The fourth-order valence-electron chi connectivity index (χ4n) is 2.33. The van der Waals surface area contributed by atoms with Crippen molar-refractivity contribution in [2.45, 2.75) is 38.6 Å². The number of hydrogen-bond acceptors (Lipinski definition) is 2. The number of halogens is 1. The van der Waals surface area contributed by atoms with Gasteiger partial charge in [0.2, 0.25) is 5.91 Å². The van der Waals surface area contributed by atoms with Crippen LogP contribution in [0.4, 0.5) is 0 Å². The largest absolute Gasteiger partial charge is 0.381 e. The predicted molar refractivity (Wildman–Crippen MR) is 79.2 cm³/mol. The van der Waals surface area contributed by atoms with E-state index in [0.29, 0.717) is 12.5 Å². The van der Waals surface area contributed by atoms with Gasteiger partial charge in [-0.1, -0.05) is 22.0 Å². The van der Waals surface area contributed by atoms with Crippen LogP contribution in [-0.2, 0) is 16.0 Å². The van der Waals surface area contributed by atoms with Gasteiger partial charge < -0.3 is 10.1 Å². The normalized spacial score (nSPS) is 16.3. The van der Waals surface area contributed by atoms with Gasteiger partial charge >= 0.3 is 0 Å². The van der Waals surface area contributed by atoms with Crippen LogP contribution in [0.2, 0.25) is 0 Å². The molecule has 0 saturated carbocycles. The summed E-state index contributed by atoms with van der Waals surface area (Å²) >= 11 is 3.45. The van der Waals surface area contributed by atoms with Crippen LogP contribution in [-0.4, -0.2) is 25.2 Å². The van der Waals surface area contributed by atoms with E-state index in [2.05, 4.69) is 40.3 Å². The maximum atomic E-state index is 11.9. The molecule has 1 saturated heterocycles. The van der Waals surface area contributed by atoms with E-state index >= 15 is 0 Å². The fourth-order valence-corrected chi connectivity index (χ4v) is 2.81. The second-order valence-electron chi connectivity index (χ2n) is 5.02. The van der Waals surface area contributed by atoms with E-state index in [-0.39, 0.29) is 5.91 Å². The highest BCUT2D eigenvalue weighted by atomic mass is 79.9. The standard InChI is InChI=1S/C15H20BrNO2/c1-11-10-13(16)4-2-12(11)3-5-15(18)17-14-6-8-19-9-7-14/h2,4,10,14H,3,5-9H2,1H3,(H,17,18). The van der Waals surface area contributed by atoms with Crippen LogP contribution < -0.4 is 5.32 Å². The molecular weight excluding hydrogens is 306 g/mol. The summed E-state index contributed by atoms with van der Waals surface area (Å²) in [6.45, 7) is 3.60. The molecule has 1 aromatic rings. The molecule has 0 radical (unpaired) electrons. The highest BCUT2D eigenvalue weighted by Gasteiger charge is 2.15. The van der Waals surface area contributed by atoms with Gasteiger partial charge in [0, 0.05) is 30.1 Å². The molecule has 4 heteroatoms.